The molecule has 47 heavy (non-hydrogen) atoms. The van der Waals surface area contributed by atoms with E-state index in [2.05, 4.69) is 15.9 Å². The van der Waals surface area contributed by atoms with E-state index in [0.29, 0.717) is 50.6 Å². The highest BCUT2D eigenvalue weighted by molar-refractivity contribution is 9.10. The van der Waals surface area contributed by atoms with Crippen molar-refractivity contribution >= 4 is 33.8 Å². The summed E-state index contributed by atoms with van der Waals surface area (Å²) in [6.07, 6.45) is -11.4. The van der Waals surface area contributed by atoms with Crippen LogP contribution < -0.4 is 9.64 Å². The lowest BCUT2D eigenvalue weighted by Crippen LogP contribution is -2.38. The van der Waals surface area contributed by atoms with Gasteiger partial charge in [0.1, 0.15) is 17.7 Å². The number of aryl methyl sites for hydroxylation is 1. The number of methoxy groups -OCH3 is 1. The lowest BCUT2D eigenvalue weighted by atomic mass is 9.94. The molecule has 0 spiro atoms. The maximum atomic E-state index is 13.6. The molecule has 2 aliphatic heterocycles. The fourth-order valence-corrected chi connectivity index (χ4v) is 6.30. The van der Waals surface area contributed by atoms with Crippen molar-refractivity contribution in [1.82, 2.24) is 9.88 Å². The number of carbonyl (C=O) groups excluding carboxylic acids is 1. The van der Waals surface area contributed by atoms with Crippen LogP contribution in [0.3, 0.4) is 0 Å². The number of carboxylic acids is 1. The van der Waals surface area contributed by atoms with Crippen LogP contribution in [0.2, 0.25) is 0 Å². The minimum atomic E-state index is -5.07. The number of hydrogen-bond donors (Lipinski definition) is 1. The molecule has 3 heterocycles. The molecule has 1 amide bonds. The first-order chi connectivity index (χ1) is 22.0. The van der Waals surface area contributed by atoms with Crippen LogP contribution in [0.5, 0.6) is 5.75 Å². The van der Waals surface area contributed by atoms with Gasteiger partial charge in [0.2, 0.25) is 0 Å². The number of aliphatic carboxylic acids is 1. The zero-order valence-electron chi connectivity index (χ0n) is 25.4. The number of hydrogen-bond acceptors (Lipinski definition) is 6. The van der Waals surface area contributed by atoms with Crippen LogP contribution in [0.4, 0.5) is 37.0 Å². The van der Waals surface area contributed by atoms with Gasteiger partial charge in [-0.3, -0.25) is 9.69 Å². The number of benzene rings is 2. The Balaban J connectivity index is 1.59. The number of nitrogens with zero attached hydrogens (tertiary/aromatic N) is 3. The van der Waals surface area contributed by atoms with Crippen LogP contribution in [-0.2, 0) is 34.8 Å². The zero-order valence-corrected chi connectivity index (χ0v) is 27.0. The lowest BCUT2D eigenvalue weighted by molar-refractivity contribution is -0.143. The van der Waals surface area contributed by atoms with Crippen LogP contribution in [0.15, 0.2) is 40.9 Å². The van der Waals surface area contributed by atoms with Crippen molar-refractivity contribution in [3.8, 4) is 16.9 Å². The zero-order chi connectivity index (χ0) is 34.4. The highest BCUT2D eigenvalue weighted by Gasteiger charge is 2.44. The van der Waals surface area contributed by atoms with E-state index in [0.717, 1.165) is 25.1 Å². The third-order valence-corrected chi connectivity index (χ3v) is 9.35. The minimum Gasteiger partial charge on any atom is -0.496 e. The van der Waals surface area contributed by atoms with Gasteiger partial charge < -0.3 is 19.5 Å². The van der Waals surface area contributed by atoms with Gasteiger partial charge in [-0.1, -0.05) is 6.07 Å². The van der Waals surface area contributed by atoms with Gasteiger partial charge >= 0.3 is 24.4 Å². The van der Waals surface area contributed by atoms with Crippen LogP contribution in [-0.4, -0.2) is 53.3 Å². The number of cyclic esters (lactones) is 1. The number of amides is 1. The summed E-state index contributed by atoms with van der Waals surface area (Å²) in [5.74, 6) is 0.0807. The number of rotatable bonds is 9. The molecular formula is C32H30BrF6N3O5. The Labute approximate surface area is 274 Å². The van der Waals surface area contributed by atoms with E-state index < -0.39 is 53.3 Å². The molecule has 3 aromatic rings. The summed E-state index contributed by atoms with van der Waals surface area (Å²) < 4.78 is 93.4. The van der Waals surface area contributed by atoms with Crippen molar-refractivity contribution in [1.29, 1.82) is 0 Å². The van der Waals surface area contributed by atoms with Crippen molar-refractivity contribution in [2.75, 3.05) is 25.1 Å². The summed E-state index contributed by atoms with van der Waals surface area (Å²) in [5.41, 5.74) is -0.509. The van der Waals surface area contributed by atoms with Gasteiger partial charge in [0.15, 0.2) is 0 Å². The fraction of sp³-hybridized carbons (Fsp3) is 0.406. The number of carboxylic acid groups (broad SMARTS) is 1. The van der Waals surface area contributed by atoms with Gasteiger partial charge in [0.25, 0.3) is 0 Å². The van der Waals surface area contributed by atoms with E-state index in [-0.39, 0.29) is 25.5 Å². The van der Waals surface area contributed by atoms with E-state index in [1.54, 1.807) is 18.2 Å². The average Bonchev–Trinajstić information content (AvgIpc) is 3.25. The first-order valence-corrected chi connectivity index (χ1v) is 15.4. The molecule has 2 aromatic carbocycles. The number of anilines is 1. The average molecular weight is 730 g/mol. The number of pyridine rings is 1. The first kappa shape index (κ1) is 34.3. The van der Waals surface area contributed by atoms with Crippen molar-refractivity contribution in [3.63, 3.8) is 0 Å². The maximum absolute atomic E-state index is 13.6. The molecular weight excluding hydrogens is 700 g/mol. The van der Waals surface area contributed by atoms with E-state index in [1.165, 1.54) is 18.9 Å². The summed E-state index contributed by atoms with van der Waals surface area (Å²) in [4.78, 5) is 32.7. The Morgan fingerprint density at radius 3 is 2.26 bits per heavy atom. The van der Waals surface area contributed by atoms with E-state index in [1.807, 2.05) is 11.8 Å². The molecule has 1 N–H and O–H groups in total. The molecule has 0 unspecified atom stereocenters. The Kier molecular flexibility index (Phi) is 9.41. The molecule has 5 rings (SSSR count). The third-order valence-electron chi connectivity index (χ3n) is 8.40. The van der Waals surface area contributed by atoms with Gasteiger partial charge in [-0.25, -0.2) is 9.78 Å². The molecule has 2 fully saturated rings. The molecule has 0 saturated carbocycles. The lowest BCUT2D eigenvalue weighted by Gasteiger charge is -2.34. The fourth-order valence-electron chi connectivity index (χ4n) is 5.76. The van der Waals surface area contributed by atoms with Gasteiger partial charge in [-0.05, 0) is 89.6 Å². The summed E-state index contributed by atoms with van der Waals surface area (Å²) in [7, 11) is 1.47. The number of carbonyl (C=O) groups is 2. The summed E-state index contributed by atoms with van der Waals surface area (Å²) in [6, 6.07) is 5.39. The normalized spacial score (nSPS) is 18.3. The smallest absolute Gasteiger partial charge is 0.416 e. The van der Waals surface area contributed by atoms with Crippen molar-refractivity contribution in [3.05, 3.63) is 74.4 Å². The molecule has 8 nitrogen and oxygen atoms in total. The van der Waals surface area contributed by atoms with Crippen molar-refractivity contribution < 1.29 is 50.5 Å². The highest BCUT2D eigenvalue weighted by Crippen LogP contribution is 2.45. The predicted molar refractivity (Wildman–Crippen MR) is 162 cm³/mol. The first-order valence-electron chi connectivity index (χ1n) is 14.6. The molecule has 0 bridgehead atoms. The summed E-state index contributed by atoms with van der Waals surface area (Å²) in [6.45, 7) is 4.59. The standard InChI is InChI=1S/C32H30BrF6N3O5/c1-16-26(22-11-18(6-8-25(43)44)5-7-24(22)46-3)23(40-29(27(16)33)41-9-4-10-41)15-42-17(2)28(47-30(42)45)19-12-20(31(34,35)36)14-21(13-19)32(37,38)39/h5,7,11-14,17,28H,4,6,8-10,15H2,1-3H3,(H,43,44)/t17-,28-/m0/s1. The maximum Gasteiger partial charge on any atom is 0.416 e. The van der Waals surface area contributed by atoms with Crippen LogP contribution in [0.25, 0.3) is 11.1 Å². The largest absolute Gasteiger partial charge is 0.496 e. The summed E-state index contributed by atoms with van der Waals surface area (Å²) in [5, 5.41) is 9.21. The number of aromatic nitrogens is 1. The van der Waals surface area contributed by atoms with Gasteiger partial charge in [-0.2, -0.15) is 26.3 Å². The highest BCUT2D eigenvalue weighted by atomic mass is 79.9. The van der Waals surface area contributed by atoms with Crippen LogP contribution in [0.1, 0.15) is 59.4 Å². The van der Waals surface area contributed by atoms with Gasteiger partial charge in [-0.15, -0.1) is 0 Å². The molecule has 252 valence electrons. The van der Waals surface area contributed by atoms with E-state index >= 15 is 0 Å². The van der Waals surface area contributed by atoms with Crippen LogP contribution in [0, 0.1) is 6.92 Å². The Morgan fingerprint density at radius 2 is 1.72 bits per heavy atom. The van der Waals surface area contributed by atoms with Gasteiger partial charge in [0.05, 0.1) is 41.0 Å². The molecule has 2 atom stereocenters. The van der Waals surface area contributed by atoms with Crippen molar-refractivity contribution in [2.24, 2.45) is 0 Å². The summed E-state index contributed by atoms with van der Waals surface area (Å²) >= 11 is 3.66. The topological polar surface area (TPSA) is 92.2 Å². The van der Waals surface area contributed by atoms with E-state index in [9.17, 15) is 41.0 Å². The number of alkyl halides is 6. The molecule has 0 aliphatic carbocycles. The molecule has 0 radical (unpaired) electrons. The Bertz CT molecular complexity index is 1680. The second-order valence-corrected chi connectivity index (χ2v) is 12.3. The molecule has 2 saturated heterocycles. The predicted octanol–water partition coefficient (Wildman–Crippen LogP) is 8.18. The Morgan fingerprint density at radius 1 is 1.09 bits per heavy atom. The van der Waals surface area contributed by atoms with Crippen molar-refractivity contribution in [2.45, 2.75) is 64.2 Å². The minimum absolute atomic E-state index is 0.0266. The molecule has 2 aliphatic rings. The Hall–Kier alpha value is -4.01. The number of ether oxygens (including phenoxy) is 2. The van der Waals surface area contributed by atoms with Crippen LogP contribution >= 0.6 is 15.9 Å². The molecule has 1 aromatic heterocycles. The monoisotopic (exact) mass is 729 g/mol. The second-order valence-electron chi connectivity index (χ2n) is 11.5. The quantitative estimate of drug-likeness (QED) is 0.222. The number of halogens is 7. The molecule has 15 heteroatoms. The third kappa shape index (κ3) is 6.99. The SMILES string of the molecule is COc1ccc(CCC(=O)O)cc1-c1c(CN2C(=O)O[C@H](c3cc(C(F)(F)F)cc(C(F)(F)F)c3)[C@@H]2C)nc(N2CCC2)c(Br)c1C. The van der Waals surface area contributed by atoms with E-state index in [4.69, 9.17) is 14.5 Å². The second kappa shape index (κ2) is 12.9. The van der Waals surface area contributed by atoms with Gasteiger partial charge in [0, 0.05) is 30.6 Å².